The number of amides is 1. The number of nitrogens with one attached hydrogen (secondary N) is 3. The Morgan fingerprint density at radius 1 is 1.24 bits per heavy atom. The minimum absolute atomic E-state index is 0.0249. The number of aromatic nitrogens is 2. The van der Waals surface area contributed by atoms with E-state index in [1.165, 1.54) is 54.6 Å². The smallest absolute Gasteiger partial charge is 0.234 e. The fourth-order valence-corrected chi connectivity index (χ4v) is 4.48. The molecule has 1 fully saturated rings. The lowest BCUT2D eigenvalue weighted by Gasteiger charge is -2.12. The molecule has 1 amide bonds. The van der Waals surface area contributed by atoms with Gasteiger partial charge in [0.1, 0.15) is 6.54 Å². The zero-order valence-electron chi connectivity index (χ0n) is 14.4. The lowest BCUT2D eigenvalue weighted by Crippen LogP contribution is -3.08. The van der Waals surface area contributed by atoms with Crippen molar-refractivity contribution in [1.82, 2.24) is 10.2 Å². The number of anilines is 2. The minimum Gasteiger partial charge on any atom is -0.360 e. The fourth-order valence-electron chi connectivity index (χ4n) is 2.86. The zero-order valence-corrected chi connectivity index (χ0v) is 16.0. The highest BCUT2D eigenvalue weighted by Crippen LogP contribution is 2.25. The van der Waals surface area contributed by atoms with Gasteiger partial charge in [-0.05, 0) is 19.1 Å². The first-order chi connectivity index (χ1) is 12.2. The first kappa shape index (κ1) is 18.2. The summed E-state index contributed by atoms with van der Waals surface area (Å²) in [4.78, 5) is 13.7. The summed E-state index contributed by atoms with van der Waals surface area (Å²) in [5.41, 5.74) is 2.17. The topological polar surface area (TPSA) is 71.3 Å². The number of benzene rings is 1. The van der Waals surface area contributed by atoms with E-state index in [1.54, 1.807) is 4.90 Å². The number of hydrogen-bond donors (Lipinski definition) is 3. The number of carbonyl (C=O) groups is 1. The number of carbonyl (C=O) groups excluding carboxylic acids is 1. The Kier molecular flexibility index (Phi) is 6.66. The van der Waals surface area contributed by atoms with Crippen molar-refractivity contribution in [3.05, 3.63) is 29.8 Å². The summed E-state index contributed by atoms with van der Waals surface area (Å²) in [6, 6.07) is 8.20. The Morgan fingerprint density at radius 3 is 2.72 bits per heavy atom. The van der Waals surface area contributed by atoms with Crippen LogP contribution in [0.2, 0.25) is 0 Å². The molecular formula is C17H24N5OS2+. The van der Waals surface area contributed by atoms with Crippen molar-refractivity contribution < 1.29 is 9.69 Å². The molecule has 0 atom stereocenters. The second kappa shape index (κ2) is 9.17. The van der Waals surface area contributed by atoms with Gasteiger partial charge < -0.3 is 15.5 Å². The Hall–Kier alpha value is -1.64. The van der Waals surface area contributed by atoms with E-state index in [-0.39, 0.29) is 5.91 Å². The van der Waals surface area contributed by atoms with Crippen molar-refractivity contribution >= 4 is 39.8 Å². The van der Waals surface area contributed by atoms with Crippen LogP contribution in [0.5, 0.6) is 0 Å². The van der Waals surface area contributed by atoms with Gasteiger partial charge in [-0.3, -0.25) is 4.79 Å². The lowest BCUT2D eigenvalue weighted by molar-refractivity contribution is -0.901. The summed E-state index contributed by atoms with van der Waals surface area (Å²) < 4.78 is 0.801. The molecule has 134 valence electrons. The van der Waals surface area contributed by atoms with Crippen LogP contribution >= 0.6 is 23.1 Å². The van der Waals surface area contributed by atoms with Crippen LogP contribution in [0.1, 0.15) is 25.3 Å². The summed E-state index contributed by atoms with van der Waals surface area (Å²) in [5.74, 6) is 0.309. The number of quaternary nitrogens is 1. The Labute approximate surface area is 156 Å². The van der Waals surface area contributed by atoms with Crippen LogP contribution in [0, 0.1) is 0 Å². The number of likely N-dealkylation sites (tertiary alicyclic amines) is 1. The van der Waals surface area contributed by atoms with Crippen molar-refractivity contribution in [2.24, 2.45) is 0 Å². The van der Waals surface area contributed by atoms with Crippen molar-refractivity contribution in [3.63, 3.8) is 0 Å². The predicted molar refractivity (Wildman–Crippen MR) is 104 cm³/mol. The highest BCUT2D eigenvalue weighted by atomic mass is 32.2. The molecule has 25 heavy (non-hydrogen) atoms. The first-order valence-electron chi connectivity index (χ1n) is 8.65. The molecule has 1 aromatic heterocycles. The van der Waals surface area contributed by atoms with Crippen molar-refractivity contribution in [2.75, 3.05) is 36.0 Å². The molecule has 0 aliphatic carbocycles. The van der Waals surface area contributed by atoms with Gasteiger partial charge in [-0.2, -0.15) is 0 Å². The predicted octanol–water partition coefficient (Wildman–Crippen LogP) is 1.88. The highest BCUT2D eigenvalue weighted by Gasteiger charge is 2.15. The van der Waals surface area contributed by atoms with Gasteiger partial charge in [-0.25, -0.2) is 0 Å². The molecule has 3 N–H and O–H groups in total. The van der Waals surface area contributed by atoms with Crippen LogP contribution in [0.4, 0.5) is 10.8 Å². The van der Waals surface area contributed by atoms with E-state index in [2.05, 4.69) is 33.0 Å². The molecule has 8 heteroatoms. The van der Waals surface area contributed by atoms with Crippen molar-refractivity contribution in [2.45, 2.75) is 30.6 Å². The Balaban J connectivity index is 1.43. The summed E-state index contributed by atoms with van der Waals surface area (Å²) in [5, 5.41) is 14.9. The maximum absolute atomic E-state index is 12.1. The number of rotatable bonds is 8. The maximum Gasteiger partial charge on any atom is 0.234 e. The standard InChI is InChI=1S/C17H23N5OS2/c1-2-18-16-20-21-17(25-16)24-12-15(23)19-14-7-5-13(6-8-14)11-22-9-3-4-10-22/h5-8H,2-4,9-12H2,1H3,(H,18,20)(H,19,23)/p+1. The molecule has 1 aliphatic rings. The molecule has 2 aromatic rings. The average Bonchev–Trinajstić information content (AvgIpc) is 3.27. The van der Waals surface area contributed by atoms with Gasteiger partial charge in [0.2, 0.25) is 11.0 Å². The molecule has 3 rings (SSSR count). The SMILES string of the molecule is CCNc1nnc(SCC(=O)Nc2ccc(C[NH+]3CCCC3)cc2)s1. The Morgan fingerprint density at radius 2 is 2.00 bits per heavy atom. The highest BCUT2D eigenvalue weighted by molar-refractivity contribution is 8.01. The van der Waals surface area contributed by atoms with E-state index in [0.717, 1.165) is 28.2 Å². The molecule has 1 aliphatic heterocycles. The minimum atomic E-state index is -0.0249. The van der Waals surface area contributed by atoms with Crippen molar-refractivity contribution in [1.29, 1.82) is 0 Å². The molecule has 1 aromatic carbocycles. The van der Waals surface area contributed by atoms with Gasteiger partial charge in [-0.15, -0.1) is 10.2 Å². The number of thioether (sulfide) groups is 1. The lowest BCUT2D eigenvalue weighted by atomic mass is 10.2. The van der Waals surface area contributed by atoms with E-state index in [4.69, 9.17) is 0 Å². The van der Waals surface area contributed by atoms with Crippen molar-refractivity contribution in [3.8, 4) is 0 Å². The Bertz CT molecular complexity index is 683. The third-order valence-electron chi connectivity index (χ3n) is 4.06. The van der Waals surface area contributed by atoms with Crippen LogP contribution in [0.3, 0.4) is 0 Å². The van der Waals surface area contributed by atoms with E-state index in [1.807, 2.05) is 19.1 Å². The van der Waals surface area contributed by atoms with Crippen LogP contribution in [-0.4, -0.2) is 41.5 Å². The van der Waals surface area contributed by atoms with E-state index < -0.39 is 0 Å². The molecule has 0 bridgehead atoms. The van der Waals surface area contributed by atoms with Gasteiger partial charge in [0, 0.05) is 30.6 Å². The molecule has 0 spiro atoms. The normalized spacial score (nSPS) is 14.6. The number of hydrogen-bond acceptors (Lipinski definition) is 6. The van der Waals surface area contributed by atoms with E-state index in [0.29, 0.717) is 5.75 Å². The van der Waals surface area contributed by atoms with Gasteiger partial charge >= 0.3 is 0 Å². The van der Waals surface area contributed by atoms with Crippen LogP contribution < -0.4 is 15.5 Å². The summed E-state index contributed by atoms with van der Waals surface area (Å²) in [6.07, 6.45) is 2.68. The number of nitrogens with zero attached hydrogens (tertiary/aromatic N) is 2. The fraction of sp³-hybridized carbons (Fsp3) is 0.471. The third-order valence-corrected chi connectivity index (χ3v) is 6.08. The van der Waals surface area contributed by atoms with Crippen LogP contribution in [0.25, 0.3) is 0 Å². The van der Waals surface area contributed by atoms with Gasteiger partial charge in [0.05, 0.1) is 18.8 Å². The molecular weight excluding hydrogens is 354 g/mol. The molecule has 2 heterocycles. The second-order valence-electron chi connectivity index (χ2n) is 6.07. The summed E-state index contributed by atoms with van der Waals surface area (Å²) in [7, 11) is 0. The quantitative estimate of drug-likeness (QED) is 0.612. The second-order valence-corrected chi connectivity index (χ2v) is 8.27. The van der Waals surface area contributed by atoms with Gasteiger partial charge in [0.15, 0.2) is 4.34 Å². The van der Waals surface area contributed by atoms with Gasteiger partial charge in [-0.1, -0.05) is 35.2 Å². The maximum atomic E-state index is 12.1. The van der Waals surface area contributed by atoms with E-state index in [9.17, 15) is 4.79 Å². The first-order valence-corrected chi connectivity index (χ1v) is 10.5. The molecule has 0 saturated carbocycles. The van der Waals surface area contributed by atoms with Gasteiger partial charge in [0.25, 0.3) is 0 Å². The molecule has 0 radical (unpaired) electrons. The zero-order chi connectivity index (χ0) is 17.5. The monoisotopic (exact) mass is 378 g/mol. The molecule has 6 nitrogen and oxygen atoms in total. The van der Waals surface area contributed by atoms with Crippen LogP contribution in [0.15, 0.2) is 28.6 Å². The third kappa shape index (κ3) is 5.69. The summed E-state index contributed by atoms with van der Waals surface area (Å²) in [6.45, 7) is 6.46. The average molecular weight is 379 g/mol. The summed E-state index contributed by atoms with van der Waals surface area (Å²) >= 11 is 2.88. The van der Waals surface area contributed by atoms with Crippen LogP contribution in [-0.2, 0) is 11.3 Å². The molecule has 1 saturated heterocycles. The largest absolute Gasteiger partial charge is 0.360 e. The molecule has 0 unspecified atom stereocenters. The van der Waals surface area contributed by atoms with E-state index >= 15 is 0 Å².